The van der Waals surface area contributed by atoms with Gasteiger partial charge in [-0.2, -0.15) is 0 Å². The Balaban J connectivity index is 1.49. The summed E-state index contributed by atoms with van der Waals surface area (Å²) in [5.74, 6) is 0.634. The van der Waals surface area contributed by atoms with Gasteiger partial charge in [-0.05, 0) is 55.8 Å². The lowest BCUT2D eigenvalue weighted by Crippen LogP contribution is -2.50. The van der Waals surface area contributed by atoms with E-state index in [1.165, 1.54) is 50.7 Å². The van der Waals surface area contributed by atoms with E-state index in [4.69, 9.17) is 0 Å². The lowest BCUT2D eigenvalue weighted by atomic mass is 9.78. The molecular formula is C18H25FN2O. The van der Waals surface area contributed by atoms with Crippen LogP contribution in [0.2, 0.25) is 0 Å². The Morgan fingerprint density at radius 2 is 1.86 bits per heavy atom. The summed E-state index contributed by atoms with van der Waals surface area (Å²) in [6, 6.07) is 6.90. The zero-order valence-electron chi connectivity index (χ0n) is 13.1. The summed E-state index contributed by atoms with van der Waals surface area (Å²) >= 11 is 0. The molecule has 0 aromatic heterocycles. The Bertz CT molecular complexity index is 500. The van der Waals surface area contributed by atoms with Crippen molar-refractivity contribution in [1.82, 2.24) is 10.2 Å². The maximum absolute atomic E-state index is 12.9. The van der Waals surface area contributed by atoms with Crippen LogP contribution >= 0.6 is 0 Å². The second-order valence-electron chi connectivity index (χ2n) is 6.63. The summed E-state index contributed by atoms with van der Waals surface area (Å²) < 4.78 is 12.9. The number of halogens is 1. The molecule has 1 heterocycles. The minimum absolute atomic E-state index is 0.0792. The zero-order chi connectivity index (χ0) is 15.4. The van der Waals surface area contributed by atoms with E-state index < -0.39 is 0 Å². The van der Waals surface area contributed by atoms with Gasteiger partial charge in [0.1, 0.15) is 5.82 Å². The molecular weight excluding hydrogens is 279 g/mol. The Labute approximate surface area is 131 Å². The van der Waals surface area contributed by atoms with Crippen LogP contribution in [-0.2, 0) is 11.3 Å². The molecule has 1 aliphatic carbocycles. The lowest BCUT2D eigenvalue weighted by Gasteiger charge is -2.43. The predicted molar refractivity (Wildman–Crippen MR) is 84.8 cm³/mol. The van der Waals surface area contributed by atoms with Crippen molar-refractivity contribution in [3.63, 3.8) is 0 Å². The minimum Gasteiger partial charge on any atom is -0.351 e. The van der Waals surface area contributed by atoms with Crippen molar-refractivity contribution in [2.24, 2.45) is 5.92 Å². The van der Waals surface area contributed by atoms with Crippen LogP contribution in [-0.4, -0.2) is 29.9 Å². The highest BCUT2D eigenvalue weighted by molar-refractivity contribution is 5.78. The fourth-order valence-corrected chi connectivity index (χ4v) is 3.97. The Morgan fingerprint density at radius 1 is 1.14 bits per heavy atom. The van der Waals surface area contributed by atoms with Crippen LogP contribution in [0.1, 0.15) is 44.1 Å². The fourth-order valence-electron chi connectivity index (χ4n) is 3.97. The van der Waals surface area contributed by atoms with Crippen molar-refractivity contribution in [2.75, 3.05) is 13.1 Å². The summed E-state index contributed by atoms with van der Waals surface area (Å²) in [7, 11) is 0. The number of amides is 1. The highest BCUT2D eigenvalue weighted by Crippen LogP contribution is 2.34. The number of likely N-dealkylation sites (tertiary alicyclic amines) is 1. The maximum Gasteiger partial charge on any atom is 0.234 e. The maximum atomic E-state index is 12.9. The van der Waals surface area contributed by atoms with Crippen molar-refractivity contribution in [2.45, 2.75) is 51.1 Å². The topological polar surface area (TPSA) is 32.3 Å². The number of nitrogens with zero attached hydrogens (tertiary/aromatic N) is 1. The molecule has 1 N–H and O–H groups in total. The molecule has 4 heteroatoms. The van der Waals surface area contributed by atoms with E-state index in [-0.39, 0.29) is 11.7 Å². The van der Waals surface area contributed by atoms with Crippen molar-refractivity contribution in [1.29, 1.82) is 0 Å². The molecule has 1 saturated heterocycles. The van der Waals surface area contributed by atoms with Crippen molar-refractivity contribution < 1.29 is 9.18 Å². The van der Waals surface area contributed by atoms with Crippen LogP contribution in [0.4, 0.5) is 4.39 Å². The molecule has 0 spiro atoms. The number of benzene rings is 1. The number of rotatable bonds is 4. The molecule has 0 bridgehead atoms. The van der Waals surface area contributed by atoms with Gasteiger partial charge >= 0.3 is 0 Å². The molecule has 1 amide bonds. The predicted octanol–water partition coefficient (Wildman–Crippen LogP) is 3.10. The van der Waals surface area contributed by atoms with Gasteiger partial charge < -0.3 is 5.32 Å². The molecule has 0 radical (unpaired) electrons. The number of nitrogens with one attached hydrogen (secondary N) is 1. The third kappa shape index (κ3) is 3.86. The van der Waals surface area contributed by atoms with Crippen LogP contribution in [0, 0.1) is 11.7 Å². The summed E-state index contributed by atoms with van der Waals surface area (Å²) in [5.41, 5.74) is 0.934. The third-order valence-electron chi connectivity index (χ3n) is 5.11. The van der Waals surface area contributed by atoms with Gasteiger partial charge in [0.2, 0.25) is 5.91 Å². The molecule has 3 rings (SSSR count). The average molecular weight is 304 g/mol. The van der Waals surface area contributed by atoms with Gasteiger partial charge in [0.15, 0.2) is 0 Å². The fraction of sp³-hybridized carbons (Fsp3) is 0.611. The van der Waals surface area contributed by atoms with Crippen LogP contribution in [0.3, 0.4) is 0 Å². The van der Waals surface area contributed by atoms with Crippen molar-refractivity contribution >= 4 is 5.91 Å². The van der Waals surface area contributed by atoms with Crippen LogP contribution in [0.25, 0.3) is 0 Å². The van der Waals surface area contributed by atoms with E-state index in [1.807, 2.05) is 0 Å². The standard InChI is InChI=1S/C18H25FN2O/c19-16-9-7-14(8-10-16)12-20-18(22)13-21-11-3-5-15-4-1-2-6-17(15)21/h7-10,15,17H,1-6,11-13H2,(H,20,22). The summed E-state index contributed by atoms with van der Waals surface area (Å²) in [6.45, 7) is 2.02. The number of hydrogen-bond acceptors (Lipinski definition) is 2. The van der Waals surface area contributed by atoms with E-state index in [9.17, 15) is 9.18 Å². The largest absolute Gasteiger partial charge is 0.351 e. The van der Waals surface area contributed by atoms with Gasteiger partial charge in [-0.15, -0.1) is 0 Å². The number of hydrogen-bond donors (Lipinski definition) is 1. The Kier molecular flexibility index (Phi) is 5.08. The summed E-state index contributed by atoms with van der Waals surface area (Å²) in [4.78, 5) is 14.6. The molecule has 1 aliphatic heterocycles. The average Bonchev–Trinajstić information content (AvgIpc) is 2.55. The normalized spacial score (nSPS) is 25.5. The van der Waals surface area contributed by atoms with Gasteiger partial charge in [0.05, 0.1) is 6.54 Å². The Hall–Kier alpha value is -1.42. The first-order valence-corrected chi connectivity index (χ1v) is 8.47. The van der Waals surface area contributed by atoms with E-state index >= 15 is 0 Å². The second-order valence-corrected chi connectivity index (χ2v) is 6.63. The van der Waals surface area contributed by atoms with Crippen LogP contribution in [0.15, 0.2) is 24.3 Å². The third-order valence-corrected chi connectivity index (χ3v) is 5.11. The van der Waals surface area contributed by atoms with E-state index in [2.05, 4.69) is 10.2 Å². The zero-order valence-corrected chi connectivity index (χ0v) is 13.1. The van der Waals surface area contributed by atoms with E-state index in [0.717, 1.165) is 18.0 Å². The number of piperidine rings is 1. The summed E-state index contributed by atoms with van der Waals surface area (Å²) in [6.07, 6.45) is 7.78. The Morgan fingerprint density at radius 3 is 2.68 bits per heavy atom. The second kappa shape index (κ2) is 7.23. The summed E-state index contributed by atoms with van der Waals surface area (Å²) in [5, 5.41) is 2.96. The van der Waals surface area contributed by atoms with Gasteiger partial charge in [-0.1, -0.05) is 25.0 Å². The minimum atomic E-state index is -0.244. The smallest absolute Gasteiger partial charge is 0.234 e. The van der Waals surface area contributed by atoms with Crippen molar-refractivity contribution in [3.05, 3.63) is 35.6 Å². The first kappa shape index (κ1) is 15.5. The SMILES string of the molecule is O=C(CN1CCCC2CCCCC21)NCc1ccc(F)cc1. The molecule has 2 fully saturated rings. The van der Waals surface area contributed by atoms with Gasteiger partial charge in [0.25, 0.3) is 0 Å². The van der Waals surface area contributed by atoms with E-state index in [1.54, 1.807) is 12.1 Å². The first-order valence-electron chi connectivity index (χ1n) is 8.47. The molecule has 2 atom stereocenters. The molecule has 1 saturated carbocycles. The molecule has 2 unspecified atom stereocenters. The van der Waals surface area contributed by atoms with Gasteiger partial charge in [-0.3, -0.25) is 9.69 Å². The highest BCUT2D eigenvalue weighted by atomic mass is 19.1. The quantitative estimate of drug-likeness (QED) is 0.927. The lowest BCUT2D eigenvalue weighted by molar-refractivity contribution is -0.124. The van der Waals surface area contributed by atoms with Gasteiger partial charge in [-0.25, -0.2) is 4.39 Å². The first-order chi connectivity index (χ1) is 10.7. The molecule has 2 aliphatic rings. The van der Waals surface area contributed by atoms with E-state index in [0.29, 0.717) is 19.1 Å². The van der Waals surface area contributed by atoms with Gasteiger partial charge in [0, 0.05) is 12.6 Å². The number of carbonyl (C=O) groups is 1. The van der Waals surface area contributed by atoms with Crippen LogP contribution in [0.5, 0.6) is 0 Å². The highest BCUT2D eigenvalue weighted by Gasteiger charge is 2.33. The van der Waals surface area contributed by atoms with Crippen LogP contribution < -0.4 is 5.32 Å². The molecule has 1 aromatic carbocycles. The number of carbonyl (C=O) groups excluding carboxylic acids is 1. The number of fused-ring (bicyclic) bond motifs is 1. The van der Waals surface area contributed by atoms with Crippen molar-refractivity contribution in [3.8, 4) is 0 Å². The monoisotopic (exact) mass is 304 g/mol. The molecule has 1 aromatic rings. The molecule has 3 nitrogen and oxygen atoms in total. The molecule has 22 heavy (non-hydrogen) atoms. The molecule has 120 valence electrons.